The van der Waals surface area contributed by atoms with Crippen LogP contribution in [0.5, 0.6) is 5.88 Å². The van der Waals surface area contributed by atoms with Crippen LogP contribution >= 0.6 is 22.6 Å². The first-order valence-corrected chi connectivity index (χ1v) is 9.70. The molecule has 0 saturated heterocycles. The van der Waals surface area contributed by atoms with Crippen molar-refractivity contribution in [1.82, 2.24) is 4.98 Å². The maximum atomic E-state index is 8.91. The van der Waals surface area contributed by atoms with Gasteiger partial charge < -0.3 is 9.84 Å². The lowest BCUT2D eigenvalue weighted by Crippen LogP contribution is -2.20. The van der Waals surface area contributed by atoms with Crippen molar-refractivity contribution in [1.29, 1.82) is 0 Å². The second-order valence-corrected chi connectivity index (χ2v) is 7.55. The van der Waals surface area contributed by atoms with Gasteiger partial charge in [-0.25, -0.2) is 4.98 Å². The van der Waals surface area contributed by atoms with E-state index in [1.54, 1.807) is 0 Å². The predicted molar refractivity (Wildman–Crippen MR) is 98.3 cm³/mol. The van der Waals surface area contributed by atoms with E-state index in [2.05, 4.69) is 34.5 Å². The van der Waals surface area contributed by atoms with Crippen LogP contribution in [0.3, 0.4) is 0 Å². The van der Waals surface area contributed by atoms with Crippen molar-refractivity contribution in [3.8, 4) is 5.88 Å². The summed E-state index contributed by atoms with van der Waals surface area (Å²) < 4.78 is 7.18. The fourth-order valence-electron chi connectivity index (χ4n) is 3.04. The maximum Gasteiger partial charge on any atom is 0.217 e. The molecule has 0 spiro atoms. The minimum absolute atomic E-state index is 0.0359. The maximum absolute atomic E-state index is 8.91. The molecule has 0 bridgehead atoms. The molecule has 1 heterocycles. The highest BCUT2D eigenvalue weighted by Crippen LogP contribution is 2.25. The second kappa shape index (κ2) is 9.71. The largest absolute Gasteiger partial charge is 0.474 e. The fraction of sp³-hybridized carbons (Fsp3) is 0.722. The normalized spacial score (nSPS) is 20.1. The van der Waals surface area contributed by atoms with Crippen LogP contribution < -0.4 is 4.74 Å². The fourth-order valence-corrected chi connectivity index (χ4v) is 3.43. The lowest BCUT2D eigenvalue weighted by molar-refractivity contribution is 0.130. The quantitative estimate of drug-likeness (QED) is 0.688. The van der Waals surface area contributed by atoms with Crippen molar-refractivity contribution in [2.24, 2.45) is 0 Å². The van der Waals surface area contributed by atoms with E-state index >= 15 is 0 Å². The minimum Gasteiger partial charge on any atom is -0.474 e. The summed E-state index contributed by atoms with van der Waals surface area (Å²) in [5, 5.41) is 8.91. The van der Waals surface area contributed by atoms with Crippen LogP contribution in [0, 0.1) is 10.5 Å². The van der Waals surface area contributed by atoms with Crippen molar-refractivity contribution in [2.75, 3.05) is 0 Å². The molecule has 0 unspecified atom stereocenters. The van der Waals surface area contributed by atoms with Crippen LogP contribution in [0.4, 0.5) is 0 Å². The van der Waals surface area contributed by atoms with E-state index in [0.717, 1.165) is 18.7 Å². The number of aliphatic hydroxyl groups is 1. The van der Waals surface area contributed by atoms with Gasteiger partial charge in [0.15, 0.2) is 0 Å². The molecule has 3 rings (SSSR count). The number of rotatable bonds is 2. The number of aromatic nitrogens is 1. The average Bonchev–Trinajstić information content (AvgIpc) is 2.54. The molecular formula is C18H28INO2. The van der Waals surface area contributed by atoms with Gasteiger partial charge in [0.25, 0.3) is 0 Å². The van der Waals surface area contributed by atoms with Gasteiger partial charge in [-0.3, -0.25) is 0 Å². The Balaban J connectivity index is 0.000000211. The summed E-state index contributed by atoms with van der Waals surface area (Å²) in [5.74, 6) is 0.828. The van der Waals surface area contributed by atoms with Crippen LogP contribution in [0.1, 0.15) is 69.8 Å². The van der Waals surface area contributed by atoms with Crippen LogP contribution in [0.15, 0.2) is 12.3 Å². The van der Waals surface area contributed by atoms with E-state index in [0.29, 0.717) is 6.10 Å². The molecule has 4 heteroatoms. The molecule has 3 nitrogen and oxygen atoms in total. The Morgan fingerprint density at radius 3 is 2.18 bits per heavy atom. The van der Waals surface area contributed by atoms with Gasteiger partial charge in [0.1, 0.15) is 6.10 Å². The second-order valence-electron chi connectivity index (χ2n) is 6.39. The predicted octanol–water partition coefficient (Wildman–Crippen LogP) is 5.02. The number of pyridine rings is 1. The Morgan fingerprint density at radius 1 is 1.05 bits per heavy atom. The summed E-state index contributed by atoms with van der Waals surface area (Å²) in [6.45, 7) is 2.08. The summed E-state index contributed by atoms with van der Waals surface area (Å²) >= 11 is 2.32. The molecule has 2 aliphatic carbocycles. The van der Waals surface area contributed by atoms with Crippen molar-refractivity contribution in [2.45, 2.75) is 83.3 Å². The lowest BCUT2D eigenvalue weighted by atomic mass is 9.98. The third-order valence-corrected chi connectivity index (χ3v) is 5.67. The van der Waals surface area contributed by atoms with E-state index in [1.807, 2.05) is 12.3 Å². The first-order valence-electron chi connectivity index (χ1n) is 8.62. The summed E-state index contributed by atoms with van der Waals surface area (Å²) in [4.78, 5) is 4.31. The first-order chi connectivity index (χ1) is 10.7. The van der Waals surface area contributed by atoms with Crippen molar-refractivity contribution < 1.29 is 9.84 Å². The first kappa shape index (κ1) is 18.0. The Morgan fingerprint density at radius 2 is 1.64 bits per heavy atom. The summed E-state index contributed by atoms with van der Waals surface area (Å²) in [6, 6.07) is 2.02. The molecule has 0 radical (unpaired) electrons. The molecule has 0 amide bonds. The zero-order valence-corrected chi connectivity index (χ0v) is 15.7. The van der Waals surface area contributed by atoms with Crippen molar-refractivity contribution in [3.63, 3.8) is 0 Å². The molecular weight excluding hydrogens is 389 g/mol. The molecule has 2 fully saturated rings. The van der Waals surface area contributed by atoms with E-state index in [-0.39, 0.29) is 6.10 Å². The third-order valence-electron chi connectivity index (χ3n) is 4.50. The number of ether oxygens (including phenoxy) is 1. The number of aliphatic hydroxyl groups excluding tert-OH is 1. The summed E-state index contributed by atoms with van der Waals surface area (Å²) in [7, 11) is 0. The van der Waals surface area contributed by atoms with Crippen molar-refractivity contribution in [3.05, 3.63) is 21.4 Å². The molecule has 1 aromatic heterocycles. The van der Waals surface area contributed by atoms with Crippen LogP contribution in [0.2, 0.25) is 0 Å². The van der Waals surface area contributed by atoms with Gasteiger partial charge in [-0.1, -0.05) is 25.7 Å². The molecule has 1 N–H and O–H groups in total. The lowest BCUT2D eigenvalue weighted by Gasteiger charge is -2.23. The molecule has 0 aliphatic heterocycles. The van der Waals surface area contributed by atoms with E-state index in [1.165, 1.54) is 60.5 Å². The Bertz CT molecular complexity index is 441. The van der Waals surface area contributed by atoms with Gasteiger partial charge in [0, 0.05) is 15.3 Å². The third kappa shape index (κ3) is 6.03. The van der Waals surface area contributed by atoms with Crippen molar-refractivity contribution >= 4 is 22.6 Å². The monoisotopic (exact) mass is 417 g/mol. The summed E-state index contributed by atoms with van der Waals surface area (Å²) in [6.07, 6.45) is 14.5. The van der Waals surface area contributed by atoms with Crippen LogP contribution in [-0.4, -0.2) is 22.3 Å². The van der Waals surface area contributed by atoms with E-state index < -0.39 is 0 Å². The molecule has 1 aromatic rings. The molecule has 2 saturated carbocycles. The highest BCUT2D eigenvalue weighted by atomic mass is 127. The SMILES string of the molecule is Cc1c(I)ccnc1OC1CCCCC1.OC1CCCCC1. The number of hydrogen-bond donors (Lipinski definition) is 1. The van der Waals surface area contributed by atoms with Gasteiger partial charge >= 0.3 is 0 Å². The van der Waals surface area contributed by atoms with Gasteiger partial charge in [0.05, 0.1) is 6.10 Å². The topological polar surface area (TPSA) is 42.4 Å². The molecule has 0 aromatic carbocycles. The minimum atomic E-state index is 0.0359. The van der Waals surface area contributed by atoms with E-state index in [4.69, 9.17) is 9.84 Å². The summed E-state index contributed by atoms with van der Waals surface area (Å²) in [5.41, 5.74) is 1.17. The van der Waals surface area contributed by atoms with Gasteiger partial charge in [0.2, 0.25) is 5.88 Å². The highest BCUT2D eigenvalue weighted by Gasteiger charge is 2.16. The van der Waals surface area contributed by atoms with Gasteiger partial charge in [-0.2, -0.15) is 0 Å². The average molecular weight is 417 g/mol. The smallest absolute Gasteiger partial charge is 0.217 e. The standard InChI is InChI=1S/C12H16INO.C6H12O/c1-9-11(13)7-8-14-12(9)15-10-5-3-2-4-6-10;7-6-4-2-1-3-5-6/h7-8,10H,2-6H2,1H3;6-7H,1-5H2. The van der Waals surface area contributed by atoms with E-state index in [9.17, 15) is 0 Å². The van der Waals surface area contributed by atoms with Crippen LogP contribution in [0.25, 0.3) is 0 Å². The molecule has 0 atom stereocenters. The number of nitrogens with zero attached hydrogens (tertiary/aromatic N) is 1. The Kier molecular flexibility index (Phi) is 7.94. The van der Waals surface area contributed by atoms with Gasteiger partial charge in [-0.05, 0) is 74.1 Å². The molecule has 22 heavy (non-hydrogen) atoms. The number of halogens is 1. The Hall–Kier alpha value is -0.360. The molecule has 2 aliphatic rings. The zero-order valence-electron chi connectivity index (χ0n) is 13.6. The van der Waals surface area contributed by atoms with Gasteiger partial charge in [-0.15, -0.1) is 0 Å². The Labute approximate surface area is 148 Å². The highest BCUT2D eigenvalue weighted by molar-refractivity contribution is 14.1. The molecule has 124 valence electrons. The zero-order chi connectivity index (χ0) is 15.8. The number of hydrogen-bond acceptors (Lipinski definition) is 3. The van der Waals surface area contributed by atoms with Crippen LogP contribution in [-0.2, 0) is 0 Å².